The highest BCUT2D eigenvalue weighted by atomic mass is 32.2. The summed E-state index contributed by atoms with van der Waals surface area (Å²) < 4.78 is 16.9. The predicted molar refractivity (Wildman–Crippen MR) is 106 cm³/mol. The topological polar surface area (TPSA) is 72.5 Å². The van der Waals surface area contributed by atoms with Crippen LogP contribution in [-0.2, 0) is 20.3 Å². The third kappa shape index (κ3) is 6.32. The average Bonchev–Trinajstić information content (AvgIpc) is 2.66. The monoisotopic (exact) mass is 387 g/mol. The molecule has 0 saturated heterocycles. The summed E-state index contributed by atoms with van der Waals surface area (Å²) in [7, 11) is -1.32. The molecule has 2 aromatic rings. The molecule has 0 aliphatic heterocycles. The van der Waals surface area contributed by atoms with Crippen LogP contribution in [0.2, 0.25) is 0 Å². The van der Waals surface area contributed by atoms with Crippen molar-refractivity contribution < 1.29 is 18.5 Å². The van der Waals surface area contributed by atoms with Crippen molar-refractivity contribution in [2.45, 2.75) is 31.2 Å². The van der Waals surface area contributed by atoms with E-state index in [-0.39, 0.29) is 24.1 Å². The van der Waals surface area contributed by atoms with E-state index >= 15 is 0 Å². The highest BCUT2D eigenvalue weighted by Crippen LogP contribution is 2.21. The molecular weight excluding hydrogens is 362 g/mol. The molecule has 0 fully saturated rings. The first-order chi connectivity index (χ1) is 12.9. The van der Waals surface area contributed by atoms with Crippen molar-refractivity contribution in [2.75, 3.05) is 12.9 Å². The fourth-order valence-corrected chi connectivity index (χ4v) is 3.50. The summed E-state index contributed by atoms with van der Waals surface area (Å²) >= 11 is 0. The molecular formula is C21H25NO4S. The van der Waals surface area contributed by atoms with Crippen molar-refractivity contribution in [3.63, 3.8) is 0 Å². The first-order valence-electron chi connectivity index (χ1n) is 8.82. The third-order valence-corrected chi connectivity index (χ3v) is 4.97. The number of benzene rings is 2. The summed E-state index contributed by atoms with van der Waals surface area (Å²) in [5.74, 6) is -0.631. The molecule has 2 rings (SSSR count). The lowest BCUT2D eigenvalue weighted by molar-refractivity contribution is -0.125. The Kier molecular flexibility index (Phi) is 7.73. The minimum Gasteiger partial charge on any atom is -0.452 e. The van der Waals surface area contributed by atoms with Crippen molar-refractivity contribution in [1.29, 1.82) is 0 Å². The number of carbonyl (C=O) groups excluding carboxylic acids is 2. The molecule has 2 aromatic carbocycles. The normalized spacial score (nSPS) is 13.0. The molecule has 6 heteroatoms. The second kappa shape index (κ2) is 10.0. The van der Waals surface area contributed by atoms with E-state index in [9.17, 15) is 13.8 Å². The minimum absolute atomic E-state index is 0.146. The summed E-state index contributed by atoms with van der Waals surface area (Å²) in [5, 5.41) is 2.93. The van der Waals surface area contributed by atoms with Gasteiger partial charge in [0.15, 0.2) is 6.61 Å². The van der Waals surface area contributed by atoms with E-state index in [0.29, 0.717) is 10.8 Å². The highest BCUT2D eigenvalue weighted by Gasteiger charge is 2.19. The standard InChI is InChI=1S/C21H25NO4S/c1-15(2)13-18(16-9-5-4-6-10-16)22-20(23)14-26-21(24)17-11-7-8-12-19(17)27(3)25/h4-12,15,18H,13-14H2,1-3H3,(H,22,23)/t18-,27+/m0/s1. The van der Waals surface area contributed by atoms with Crippen molar-refractivity contribution in [3.8, 4) is 0 Å². The smallest absolute Gasteiger partial charge is 0.339 e. The van der Waals surface area contributed by atoms with E-state index in [1.807, 2.05) is 30.3 Å². The predicted octanol–water partition coefficient (Wildman–Crippen LogP) is 3.48. The Morgan fingerprint density at radius 3 is 2.30 bits per heavy atom. The van der Waals surface area contributed by atoms with Gasteiger partial charge in [0, 0.05) is 6.26 Å². The molecule has 0 aliphatic rings. The molecule has 1 N–H and O–H groups in total. The van der Waals surface area contributed by atoms with E-state index in [0.717, 1.165) is 12.0 Å². The third-order valence-electron chi connectivity index (χ3n) is 4.00. The zero-order valence-electron chi connectivity index (χ0n) is 15.8. The summed E-state index contributed by atoms with van der Waals surface area (Å²) in [4.78, 5) is 25.0. The first kappa shape index (κ1) is 20.8. The zero-order chi connectivity index (χ0) is 19.8. The van der Waals surface area contributed by atoms with Gasteiger partial charge in [0.2, 0.25) is 0 Å². The summed E-state index contributed by atoms with van der Waals surface area (Å²) in [6.45, 7) is 3.79. The maximum Gasteiger partial charge on any atom is 0.339 e. The van der Waals surface area contributed by atoms with Crippen LogP contribution in [0.3, 0.4) is 0 Å². The van der Waals surface area contributed by atoms with Crippen LogP contribution in [-0.4, -0.2) is 28.9 Å². The van der Waals surface area contributed by atoms with E-state index in [1.54, 1.807) is 24.3 Å². The Hall–Kier alpha value is -2.47. The van der Waals surface area contributed by atoms with Gasteiger partial charge in [-0.25, -0.2) is 4.79 Å². The number of hydrogen-bond acceptors (Lipinski definition) is 4. The molecule has 2 atom stereocenters. The largest absolute Gasteiger partial charge is 0.452 e. The average molecular weight is 388 g/mol. The maximum atomic E-state index is 12.3. The van der Waals surface area contributed by atoms with Gasteiger partial charge in [0.05, 0.1) is 27.3 Å². The van der Waals surface area contributed by atoms with Gasteiger partial charge in [-0.15, -0.1) is 0 Å². The molecule has 0 bridgehead atoms. The molecule has 27 heavy (non-hydrogen) atoms. The van der Waals surface area contributed by atoms with E-state index in [1.165, 1.54) is 6.26 Å². The Morgan fingerprint density at radius 2 is 1.67 bits per heavy atom. The van der Waals surface area contributed by atoms with Crippen molar-refractivity contribution in [2.24, 2.45) is 5.92 Å². The Bertz CT molecular complexity index is 805. The van der Waals surface area contributed by atoms with Crippen LogP contribution in [0.15, 0.2) is 59.5 Å². The van der Waals surface area contributed by atoms with E-state index in [2.05, 4.69) is 19.2 Å². The number of ether oxygens (including phenoxy) is 1. The minimum atomic E-state index is -1.32. The molecule has 5 nitrogen and oxygen atoms in total. The SMILES string of the molecule is CC(C)C[C@H](NC(=O)COC(=O)c1ccccc1[S@@](C)=O)c1ccccc1. The van der Waals surface area contributed by atoms with E-state index < -0.39 is 16.8 Å². The molecule has 0 unspecified atom stereocenters. The van der Waals surface area contributed by atoms with Gasteiger partial charge in [-0.3, -0.25) is 9.00 Å². The maximum absolute atomic E-state index is 12.3. The highest BCUT2D eigenvalue weighted by molar-refractivity contribution is 7.84. The lowest BCUT2D eigenvalue weighted by Gasteiger charge is -2.21. The molecule has 0 heterocycles. The zero-order valence-corrected chi connectivity index (χ0v) is 16.6. The number of hydrogen-bond donors (Lipinski definition) is 1. The number of amides is 1. The lowest BCUT2D eigenvalue weighted by Crippen LogP contribution is -2.33. The molecule has 1 amide bonds. The van der Waals surface area contributed by atoms with E-state index in [4.69, 9.17) is 4.74 Å². The number of nitrogens with one attached hydrogen (secondary N) is 1. The Labute approximate surface area is 162 Å². The van der Waals surface area contributed by atoms with Gasteiger partial charge in [0.1, 0.15) is 0 Å². The summed E-state index contributed by atoms with van der Waals surface area (Å²) in [5.41, 5.74) is 1.23. The molecule has 0 aromatic heterocycles. The summed E-state index contributed by atoms with van der Waals surface area (Å²) in [6, 6.07) is 16.1. The Balaban J connectivity index is 2.00. The van der Waals surface area contributed by atoms with Gasteiger partial charge in [-0.1, -0.05) is 56.3 Å². The molecule has 0 spiro atoms. The van der Waals surface area contributed by atoms with Gasteiger partial charge >= 0.3 is 5.97 Å². The van der Waals surface area contributed by atoms with Crippen molar-refractivity contribution in [3.05, 3.63) is 65.7 Å². The lowest BCUT2D eigenvalue weighted by atomic mass is 9.97. The van der Waals surface area contributed by atoms with Crippen LogP contribution in [0.25, 0.3) is 0 Å². The fraction of sp³-hybridized carbons (Fsp3) is 0.333. The van der Waals surface area contributed by atoms with Crippen molar-refractivity contribution in [1.82, 2.24) is 5.32 Å². The number of rotatable bonds is 8. The second-order valence-corrected chi connectivity index (χ2v) is 8.03. The molecule has 144 valence electrons. The number of esters is 1. The van der Waals surface area contributed by atoms with Crippen LogP contribution in [0.1, 0.15) is 42.2 Å². The van der Waals surface area contributed by atoms with Gasteiger partial charge in [-0.2, -0.15) is 0 Å². The first-order valence-corrected chi connectivity index (χ1v) is 10.4. The van der Waals surface area contributed by atoms with Crippen LogP contribution in [0.5, 0.6) is 0 Å². The van der Waals surface area contributed by atoms with Crippen molar-refractivity contribution >= 4 is 22.7 Å². The molecule has 0 aliphatic carbocycles. The summed E-state index contributed by atoms with van der Waals surface area (Å²) in [6.07, 6.45) is 2.27. The van der Waals surface area contributed by atoms with Crippen LogP contribution in [0.4, 0.5) is 0 Å². The number of carbonyl (C=O) groups is 2. The van der Waals surface area contributed by atoms with Gasteiger partial charge in [-0.05, 0) is 30.0 Å². The Morgan fingerprint density at radius 1 is 1.04 bits per heavy atom. The van der Waals surface area contributed by atoms with Crippen LogP contribution in [0, 0.1) is 5.92 Å². The van der Waals surface area contributed by atoms with Crippen LogP contribution < -0.4 is 5.32 Å². The molecule has 0 saturated carbocycles. The fourth-order valence-electron chi connectivity index (χ4n) is 2.77. The van der Waals surface area contributed by atoms with Crippen LogP contribution >= 0.6 is 0 Å². The van der Waals surface area contributed by atoms with Gasteiger partial charge < -0.3 is 10.1 Å². The van der Waals surface area contributed by atoms with Gasteiger partial charge in [0.25, 0.3) is 5.91 Å². The second-order valence-electron chi connectivity index (χ2n) is 6.69. The molecule has 0 radical (unpaired) electrons. The quantitative estimate of drug-likeness (QED) is 0.704.